The summed E-state index contributed by atoms with van der Waals surface area (Å²) in [6.45, 7) is 2.95. The third-order valence-electron chi connectivity index (χ3n) is 3.04. The molecule has 2 aromatic heterocycles. The molecule has 1 N–H and O–H groups in total. The van der Waals surface area contributed by atoms with Crippen molar-refractivity contribution in [3.63, 3.8) is 0 Å². The van der Waals surface area contributed by atoms with Crippen molar-refractivity contribution in [2.45, 2.75) is 45.3 Å². The van der Waals surface area contributed by atoms with Gasteiger partial charge in [0.25, 0.3) is 0 Å². The minimum atomic E-state index is -0.389. The molecule has 1 unspecified atom stereocenters. The molecule has 0 amide bonds. The van der Waals surface area contributed by atoms with E-state index >= 15 is 0 Å². The molecule has 0 saturated heterocycles. The number of aliphatic hydroxyl groups is 1. The Morgan fingerprint density at radius 1 is 1.42 bits per heavy atom. The predicted octanol–water partition coefficient (Wildman–Crippen LogP) is 1.62. The Bertz CT molecular complexity index is 483. The van der Waals surface area contributed by atoms with Crippen LogP contribution in [0.1, 0.15) is 31.2 Å². The minimum absolute atomic E-state index is 0.389. The van der Waals surface area contributed by atoms with E-state index in [0.717, 1.165) is 30.8 Å². The minimum Gasteiger partial charge on any atom is -0.393 e. The van der Waals surface area contributed by atoms with Crippen LogP contribution >= 0.6 is 0 Å². The lowest BCUT2D eigenvalue weighted by molar-refractivity contribution is 0.161. The van der Waals surface area contributed by atoms with Crippen LogP contribution in [0.15, 0.2) is 30.9 Å². The predicted molar refractivity (Wildman–Crippen MR) is 72.6 cm³/mol. The van der Waals surface area contributed by atoms with E-state index in [-0.39, 0.29) is 6.10 Å². The number of nitrogens with zero attached hydrogens (tertiary/aromatic N) is 4. The molecule has 2 aromatic rings. The van der Waals surface area contributed by atoms with Gasteiger partial charge in [-0.25, -0.2) is 4.98 Å². The molecule has 1 atom stereocenters. The van der Waals surface area contributed by atoms with E-state index in [2.05, 4.69) is 22.0 Å². The van der Waals surface area contributed by atoms with Gasteiger partial charge < -0.3 is 5.11 Å². The maximum atomic E-state index is 10.1. The molecule has 19 heavy (non-hydrogen) atoms. The molecule has 0 bridgehead atoms. The molecule has 0 spiro atoms. The molecule has 2 rings (SSSR count). The molecule has 102 valence electrons. The maximum absolute atomic E-state index is 10.1. The summed E-state index contributed by atoms with van der Waals surface area (Å²) in [4.78, 5) is 8.28. The van der Waals surface area contributed by atoms with E-state index in [9.17, 15) is 5.11 Å². The zero-order valence-electron chi connectivity index (χ0n) is 11.2. The summed E-state index contributed by atoms with van der Waals surface area (Å²) in [5, 5.41) is 14.2. The largest absolute Gasteiger partial charge is 0.393 e. The molecule has 0 fully saturated rings. The lowest BCUT2D eigenvalue weighted by Gasteiger charge is -2.10. The van der Waals surface area contributed by atoms with E-state index in [0.29, 0.717) is 12.8 Å². The van der Waals surface area contributed by atoms with Crippen molar-refractivity contribution in [3.05, 3.63) is 42.2 Å². The highest BCUT2D eigenvalue weighted by atomic mass is 16.3. The van der Waals surface area contributed by atoms with Crippen LogP contribution in [0.25, 0.3) is 0 Å². The molecule has 5 heteroatoms. The Kier molecular flexibility index (Phi) is 5.03. The van der Waals surface area contributed by atoms with E-state index in [1.54, 1.807) is 12.5 Å². The van der Waals surface area contributed by atoms with Crippen LogP contribution in [-0.4, -0.2) is 31.0 Å². The number of pyridine rings is 1. The van der Waals surface area contributed by atoms with Gasteiger partial charge in [0, 0.05) is 25.4 Å². The van der Waals surface area contributed by atoms with E-state index in [1.165, 1.54) is 0 Å². The van der Waals surface area contributed by atoms with Crippen molar-refractivity contribution in [1.82, 2.24) is 19.7 Å². The molecule has 0 aliphatic carbocycles. The van der Waals surface area contributed by atoms with Gasteiger partial charge in [-0.1, -0.05) is 13.0 Å². The Labute approximate surface area is 113 Å². The van der Waals surface area contributed by atoms with Crippen LogP contribution in [0.3, 0.4) is 0 Å². The third kappa shape index (κ3) is 4.13. The van der Waals surface area contributed by atoms with Gasteiger partial charge in [-0.2, -0.15) is 5.10 Å². The normalized spacial score (nSPS) is 12.5. The van der Waals surface area contributed by atoms with Crippen molar-refractivity contribution in [3.8, 4) is 0 Å². The van der Waals surface area contributed by atoms with E-state index in [4.69, 9.17) is 0 Å². The summed E-state index contributed by atoms with van der Waals surface area (Å²) in [5.74, 6) is 0.862. The molecule has 0 aliphatic heterocycles. The zero-order chi connectivity index (χ0) is 13.5. The first-order valence-electron chi connectivity index (χ1n) is 6.73. The summed E-state index contributed by atoms with van der Waals surface area (Å²) in [7, 11) is 0. The maximum Gasteiger partial charge on any atom is 0.138 e. The molecule has 0 aromatic carbocycles. The monoisotopic (exact) mass is 260 g/mol. The summed E-state index contributed by atoms with van der Waals surface area (Å²) < 4.78 is 1.87. The van der Waals surface area contributed by atoms with Crippen LogP contribution in [0.2, 0.25) is 0 Å². The Hall–Kier alpha value is -1.75. The number of aryl methyl sites for hydroxylation is 2. The van der Waals surface area contributed by atoms with Gasteiger partial charge in [0.15, 0.2) is 0 Å². The molecule has 0 aliphatic rings. The summed E-state index contributed by atoms with van der Waals surface area (Å²) in [5.41, 5.74) is 1.15. The summed E-state index contributed by atoms with van der Waals surface area (Å²) in [6, 6.07) is 3.94. The lowest BCUT2D eigenvalue weighted by atomic mass is 10.1. The van der Waals surface area contributed by atoms with Crippen molar-refractivity contribution in [1.29, 1.82) is 0 Å². The first-order chi connectivity index (χ1) is 9.29. The van der Waals surface area contributed by atoms with Gasteiger partial charge in [-0.3, -0.25) is 9.67 Å². The Morgan fingerprint density at radius 2 is 2.32 bits per heavy atom. The van der Waals surface area contributed by atoms with Crippen LogP contribution in [0.4, 0.5) is 0 Å². The van der Waals surface area contributed by atoms with Crippen molar-refractivity contribution >= 4 is 0 Å². The molecule has 0 saturated carbocycles. The summed E-state index contributed by atoms with van der Waals surface area (Å²) >= 11 is 0. The zero-order valence-corrected chi connectivity index (χ0v) is 11.2. The number of rotatable bonds is 7. The second-order valence-electron chi connectivity index (χ2n) is 4.66. The second kappa shape index (κ2) is 6.99. The van der Waals surface area contributed by atoms with Gasteiger partial charge in [0.1, 0.15) is 12.2 Å². The van der Waals surface area contributed by atoms with Crippen LogP contribution in [-0.2, 0) is 19.4 Å². The molecule has 2 heterocycles. The van der Waals surface area contributed by atoms with Crippen LogP contribution in [0, 0.1) is 0 Å². The van der Waals surface area contributed by atoms with Gasteiger partial charge in [-0.15, -0.1) is 0 Å². The highest BCUT2D eigenvalue weighted by Gasteiger charge is 2.11. The fraction of sp³-hybridized carbons (Fsp3) is 0.500. The molecular formula is C14H20N4O. The number of aromatic nitrogens is 4. The lowest BCUT2D eigenvalue weighted by Crippen LogP contribution is -2.16. The van der Waals surface area contributed by atoms with Crippen LogP contribution in [0.5, 0.6) is 0 Å². The quantitative estimate of drug-likeness (QED) is 0.821. The molecular weight excluding hydrogens is 240 g/mol. The Morgan fingerprint density at radius 3 is 3.05 bits per heavy atom. The third-order valence-corrected chi connectivity index (χ3v) is 3.04. The van der Waals surface area contributed by atoms with E-state index < -0.39 is 0 Å². The fourth-order valence-electron chi connectivity index (χ4n) is 2.04. The second-order valence-corrected chi connectivity index (χ2v) is 4.66. The van der Waals surface area contributed by atoms with Crippen LogP contribution < -0.4 is 0 Å². The smallest absolute Gasteiger partial charge is 0.138 e. The SMILES string of the molecule is CCCn1ncnc1CC(O)CCc1cccnc1. The topological polar surface area (TPSA) is 63.8 Å². The van der Waals surface area contributed by atoms with Gasteiger partial charge in [-0.05, 0) is 30.9 Å². The van der Waals surface area contributed by atoms with Gasteiger partial charge in [0.2, 0.25) is 0 Å². The summed E-state index contributed by atoms with van der Waals surface area (Å²) in [6.07, 6.45) is 7.88. The molecule has 5 nitrogen and oxygen atoms in total. The standard InChI is InChI=1S/C14H20N4O/c1-2-8-18-14(16-11-17-18)9-13(19)6-5-12-4-3-7-15-10-12/h3-4,7,10-11,13,19H,2,5-6,8-9H2,1H3. The highest BCUT2D eigenvalue weighted by Crippen LogP contribution is 2.08. The van der Waals surface area contributed by atoms with Gasteiger partial charge >= 0.3 is 0 Å². The Balaban J connectivity index is 1.84. The average Bonchev–Trinajstić information content (AvgIpc) is 2.85. The fourth-order valence-corrected chi connectivity index (χ4v) is 2.04. The molecule has 0 radical (unpaired) electrons. The van der Waals surface area contributed by atoms with Crippen molar-refractivity contribution in [2.24, 2.45) is 0 Å². The van der Waals surface area contributed by atoms with Crippen molar-refractivity contribution in [2.75, 3.05) is 0 Å². The van der Waals surface area contributed by atoms with Crippen molar-refractivity contribution < 1.29 is 5.11 Å². The number of hydrogen-bond donors (Lipinski definition) is 1. The number of aliphatic hydroxyl groups excluding tert-OH is 1. The van der Waals surface area contributed by atoms with E-state index in [1.807, 2.05) is 23.0 Å². The average molecular weight is 260 g/mol. The highest BCUT2D eigenvalue weighted by molar-refractivity contribution is 5.08. The first kappa shape index (κ1) is 13.7. The van der Waals surface area contributed by atoms with Gasteiger partial charge in [0.05, 0.1) is 6.10 Å². The number of hydrogen-bond acceptors (Lipinski definition) is 4. The first-order valence-corrected chi connectivity index (χ1v) is 6.73.